The summed E-state index contributed by atoms with van der Waals surface area (Å²) in [5.74, 6) is -0.685. The van der Waals surface area contributed by atoms with Gasteiger partial charge >= 0.3 is 11.9 Å². The molecular weight excluding hydrogens is 542 g/mol. The molecule has 0 saturated carbocycles. The Balaban J connectivity index is 0.00000405. The van der Waals surface area contributed by atoms with Crippen molar-refractivity contribution in [2.24, 2.45) is 11.7 Å². The molecule has 11 nitrogen and oxygen atoms in total. The Bertz CT molecular complexity index is 1260. The Morgan fingerprint density at radius 2 is 2.00 bits per heavy atom. The molecule has 0 unspecified atom stereocenters. The lowest BCUT2D eigenvalue weighted by molar-refractivity contribution is -0.175. The summed E-state index contributed by atoms with van der Waals surface area (Å²) >= 11 is 0. The van der Waals surface area contributed by atoms with Crippen LogP contribution in [0, 0.1) is 5.92 Å². The summed E-state index contributed by atoms with van der Waals surface area (Å²) in [5, 5.41) is 24.9. The first-order chi connectivity index (χ1) is 19.4. The summed E-state index contributed by atoms with van der Waals surface area (Å²) in [4.78, 5) is 39.7. The highest BCUT2D eigenvalue weighted by atomic mass is 16.6. The summed E-state index contributed by atoms with van der Waals surface area (Å²) in [6.07, 6.45) is 1.64. The van der Waals surface area contributed by atoms with Crippen LogP contribution in [0.3, 0.4) is 0 Å². The number of amides is 1. The van der Waals surface area contributed by atoms with Crippen LogP contribution >= 0.6 is 0 Å². The van der Waals surface area contributed by atoms with E-state index >= 15 is 0 Å². The molecule has 232 valence electrons. The minimum absolute atomic E-state index is 0. The average Bonchev–Trinajstić information content (AvgIpc) is 3.27. The molecule has 2 bridgehead atoms. The molecule has 1 aromatic rings. The number of likely N-dealkylation sites (N-methyl/N-ethyl adjacent to an activating group) is 1. The number of ether oxygens (including phenoxy) is 3. The molecular formula is C31H45N3O8. The number of piperidine rings is 1. The smallest absolute Gasteiger partial charge is 0.352 e. The van der Waals surface area contributed by atoms with Gasteiger partial charge in [-0.25, -0.2) is 4.79 Å². The number of rotatable bonds is 10. The number of esters is 2. The maximum Gasteiger partial charge on any atom is 0.352 e. The van der Waals surface area contributed by atoms with Crippen LogP contribution in [0.25, 0.3) is 0 Å². The van der Waals surface area contributed by atoms with E-state index in [9.17, 15) is 24.6 Å². The van der Waals surface area contributed by atoms with Crippen molar-refractivity contribution < 1.29 is 38.8 Å². The third kappa shape index (κ3) is 5.10. The van der Waals surface area contributed by atoms with Gasteiger partial charge in [-0.3, -0.25) is 9.59 Å². The molecule has 42 heavy (non-hydrogen) atoms. The Morgan fingerprint density at radius 1 is 1.26 bits per heavy atom. The Labute approximate surface area is 247 Å². The summed E-state index contributed by atoms with van der Waals surface area (Å²) in [7, 11) is 2.01. The number of likely N-dealkylation sites (tertiary alicyclic amines) is 1. The Hall–Kier alpha value is -2.99. The SMILES string of the molecule is C.CC(C)C[C@H](N)C(=O)NCCC(=O)O[C@@H](C)C(=O)OC1=CC[C@@]2(O)[C@H]3Cc4ccc(CO)c5c4[C@@]2(CCN3C)[C@H]1O5. The number of nitrogens with zero attached hydrogens (tertiary/aromatic N) is 1. The van der Waals surface area contributed by atoms with Crippen molar-refractivity contribution >= 4 is 17.8 Å². The maximum absolute atomic E-state index is 13.1. The van der Waals surface area contributed by atoms with Crippen LogP contribution < -0.4 is 15.8 Å². The molecule has 6 atom stereocenters. The topological polar surface area (TPSA) is 161 Å². The Morgan fingerprint density at radius 3 is 2.69 bits per heavy atom. The number of hydrogen-bond donors (Lipinski definition) is 4. The van der Waals surface area contributed by atoms with E-state index in [2.05, 4.69) is 10.2 Å². The Kier molecular flexibility index (Phi) is 9.09. The predicted molar refractivity (Wildman–Crippen MR) is 154 cm³/mol. The minimum Gasteiger partial charge on any atom is -0.481 e. The fourth-order valence-electron chi connectivity index (χ4n) is 7.17. The molecule has 2 aliphatic heterocycles. The van der Waals surface area contributed by atoms with Crippen LogP contribution in [0.5, 0.6) is 5.75 Å². The normalized spacial score (nSPS) is 28.4. The lowest BCUT2D eigenvalue weighted by atomic mass is 9.50. The van der Waals surface area contributed by atoms with E-state index < -0.39 is 41.2 Å². The molecule has 1 amide bonds. The molecule has 5 N–H and O–H groups in total. The lowest BCUT2D eigenvalue weighted by Gasteiger charge is -2.61. The zero-order valence-corrected chi connectivity index (χ0v) is 24.1. The summed E-state index contributed by atoms with van der Waals surface area (Å²) in [5.41, 5.74) is 6.46. The van der Waals surface area contributed by atoms with Gasteiger partial charge in [-0.15, -0.1) is 0 Å². The van der Waals surface area contributed by atoms with Crippen molar-refractivity contribution in [1.29, 1.82) is 0 Å². The molecule has 1 saturated heterocycles. The minimum atomic E-state index is -1.20. The predicted octanol–water partition coefficient (Wildman–Crippen LogP) is 1.45. The van der Waals surface area contributed by atoms with Gasteiger partial charge in [-0.05, 0) is 57.3 Å². The highest BCUT2D eigenvalue weighted by molar-refractivity contribution is 5.83. The van der Waals surface area contributed by atoms with E-state index in [1.165, 1.54) is 6.92 Å². The first-order valence-corrected chi connectivity index (χ1v) is 14.4. The number of nitrogens with two attached hydrogens (primary N) is 1. The first-order valence-electron chi connectivity index (χ1n) is 14.4. The van der Waals surface area contributed by atoms with Gasteiger partial charge in [0.1, 0.15) is 11.5 Å². The second kappa shape index (κ2) is 11.9. The number of benzene rings is 1. The molecule has 2 aliphatic carbocycles. The maximum atomic E-state index is 13.1. The number of aliphatic hydroxyl groups excluding tert-OH is 1. The van der Waals surface area contributed by atoms with Gasteiger partial charge in [0.2, 0.25) is 5.91 Å². The largest absolute Gasteiger partial charge is 0.481 e. The van der Waals surface area contributed by atoms with Crippen LogP contribution in [-0.2, 0) is 42.3 Å². The lowest BCUT2D eigenvalue weighted by Crippen LogP contribution is -2.74. The van der Waals surface area contributed by atoms with E-state index in [4.69, 9.17) is 19.9 Å². The van der Waals surface area contributed by atoms with E-state index in [1.807, 2.05) is 33.0 Å². The van der Waals surface area contributed by atoms with Crippen molar-refractivity contribution in [3.63, 3.8) is 0 Å². The van der Waals surface area contributed by atoms with Gasteiger partial charge < -0.3 is 40.4 Å². The van der Waals surface area contributed by atoms with E-state index in [0.717, 1.165) is 17.7 Å². The molecule has 0 aromatic heterocycles. The summed E-state index contributed by atoms with van der Waals surface area (Å²) in [6, 6.07) is 3.04. The number of hydrogen-bond acceptors (Lipinski definition) is 10. The van der Waals surface area contributed by atoms with Gasteiger partial charge in [-0.1, -0.05) is 33.4 Å². The standard InChI is InChI=1S/C30H41N3O8.CH4/c1-16(2)13-20(31)27(36)32-11-8-23(35)39-17(3)28(37)40-21-7-9-30(38)22-14-18-5-6-19(15-34)25-24(18)29(30,26(21)41-25)10-12-33(22)4;/h5-7,16-17,20,22,26,34,38H,8-15,31H2,1-4H3,(H,32,36);1H4/t17-,20-,22+,26-,29-,30+;/m0./s1. The quantitative estimate of drug-likeness (QED) is 0.295. The van der Waals surface area contributed by atoms with Crippen LogP contribution in [0.15, 0.2) is 24.0 Å². The third-order valence-corrected chi connectivity index (χ3v) is 9.18. The van der Waals surface area contributed by atoms with Crippen LogP contribution in [0.1, 0.15) is 70.6 Å². The first kappa shape index (κ1) is 31.9. The van der Waals surface area contributed by atoms with Crippen molar-refractivity contribution in [3.8, 4) is 5.75 Å². The monoisotopic (exact) mass is 587 g/mol. The van der Waals surface area contributed by atoms with Crippen LogP contribution in [0.4, 0.5) is 0 Å². The highest BCUT2D eigenvalue weighted by Crippen LogP contribution is 2.64. The van der Waals surface area contributed by atoms with Gasteiger partial charge in [0.05, 0.1) is 30.1 Å². The van der Waals surface area contributed by atoms with Gasteiger partial charge in [-0.2, -0.15) is 0 Å². The number of carbonyl (C=O) groups excluding carboxylic acids is 3. The molecule has 5 rings (SSSR count). The molecule has 11 heteroatoms. The van der Waals surface area contributed by atoms with Crippen LogP contribution in [0.2, 0.25) is 0 Å². The van der Waals surface area contributed by atoms with Crippen molar-refractivity contribution in [2.45, 2.75) is 102 Å². The van der Waals surface area contributed by atoms with E-state index in [0.29, 0.717) is 30.6 Å². The highest BCUT2D eigenvalue weighted by Gasteiger charge is 2.71. The zero-order valence-electron chi connectivity index (χ0n) is 24.1. The number of aliphatic hydroxyl groups is 2. The van der Waals surface area contributed by atoms with Crippen molar-refractivity contribution in [1.82, 2.24) is 10.2 Å². The zero-order chi connectivity index (χ0) is 29.7. The van der Waals surface area contributed by atoms with E-state index in [1.54, 1.807) is 6.08 Å². The molecule has 1 spiro atoms. The van der Waals surface area contributed by atoms with Gasteiger partial charge in [0, 0.05) is 30.1 Å². The van der Waals surface area contributed by atoms with Crippen molar-refractivity contribution in [3.05, 3.63) is 40.7 Å². The molecule has 0 radical (unpaired) electrons. The molecule has 1 fully saturated rings. The van der Waals surface area contributed by atoms with Gasteiger partial charge in [0.25, 0.3) is 0 Å². The van der Waals surface area contributed by atoms with Crippen molar-refractivity contribution in [2.75, 3.05) is 20.1 Å². The second-order valence-corrected chi connectivity index (χ2v) is 12.2. The van der Waals surface area contributed by atoms with Gasteiger partial charge in [0.15, 0.2) is 12.2 Å². The fourth-order valence-corrected chi connectivity index (χ4v) is 7.17. The summed E-state index contributed by atoms with van der Waals surface area (Å²) < 4.78 is 17.5. The second-order valence-electron chi connectivity index (χ2n) is 12.2. The molecule has 2 heterocycles. The fraction of sp³-hybridized carbons (Fsp3) is 0.645. The van der Waals surface area contributed by atoms with E-state index in [-0.39, 0.29) is 57.0 Å². The number of carbonyl (C=O) groups is 3. The van der Waals surface area contributed by atoms with Crippen LogP contribution in [-0.4, -0.2) is 83.0 Å². The number of nitrogens with one attached hydrogen (secondary N) is 1. The third-order valence-electron chi connectivity index (χ3n) is 9.18. The molecule has 1 aromatic carbocycles. The average molecular weight is 588 g/mol. The summed E-state index contributed by atoms with van der Waals surface area (Å²) in [6.45, 7) is 5.90. The molecule has 4 aliphatic rings.